The Morgan fingerprint density at radius 3 is 2.95 bits per heavy atom. The summed E-state index contributed by atoms with van der Waals surface area (Å²) in [7, 11) is 0. The van der Waals surface area contributed by atoms with Crippen LogP contribution in [0, 0.1) is 11.3 Å². The lowest BCUT2D eigenvalue weighted by atomic mass is 10.0. The Kier molecular flexibility index (Phi) is 3.56. The number of nitriles is 1. The van der Waals surface area contributed by atoms with Crippen molar-refractivity contribution in [1.29, 1.82) is 5.26 Å². The molecule has 1 atom stereocenters. The van der Waals surface area contributed by atoms with Gasteiger partial charge in [-0.05, 0) is 29.5 Å². The van der Waals surface area contributed by atoms with Crippen molar-refractivity contribution in [2.45, 2.75) is 19.0 Å². The van der Waals surface area contributed by atoms with E-state index in [1.807, 2.05) is 24.3 Å². The van der Waals surface area contributed by atoms with E-state index in [2.05, 4.69) is 22.4 Å². The third kappa shape index (κ3) is 2.40. The lowest BCUT2D eigenvalue weighted by Gasteiger charge is -2.31. The van der Waals surface area contributed by atoms with E-state index in [-0.39, 0.29) is 6.04 Å². The molecular weight excluding hydrogens is 276 g/mol. The van der Waals surface area contributed by atoms with Gasteiger partial charge < -0.3 is 0 Å². The van der Waals surface area contributed by atoms with E-state index in [1.54, 1.807) is 11.3 Å². The molecule has 1 aromatic carbocycles. The maximum Gasteiger partial charge on any atom is 0.125 e. The Hall–Kier alpha value is -1.34. The van der Waals surface area contributed by atoms with Crippen LogP contribution in [0.1, 0.15) is 22.0 Å². The summed E-state index contributed by atoms with van der Waals surface area (Å²) in [4.78, 5) is 3.58. The average Bonchev–Trinajstić information content (AvgIpc) is 2.89. The predicted molar refractivity (Wildman–Crippen MR) is 78.2 cm³/mol. The summed E-state index contributed by atoms with van der Waals surface area (Å²) in [5, 5.41) is 12.3. The number of nitrogens with zero attached hydrogens (tertiary/aromatic N) is 2. The van der Waals surface area contributed by atoms with Crippen LogP contribution < -0.4 is 0 Å². The molecule has 3 rings (SSSR count). The molecule has 2 aromatic rings. The lowest BCUT2D eigenvalue weighted by molar-refractivity contribution is 0.219. The monoisotopic (exact) mass is 288 g/mol. The summed E-state index contributed by atoms with van der Waals surface area (Å²) in [5.41, 5.74) is 2.34. The molecular formula is C15H13ClN2S. The first-order valence-corrected chi connectivity index (χ1v) is 7.48. The van der Waals surface area contributed by atoms with E-state index in [4.69, 9.17) is 11.6 Å². The first kappa shape index (κ1) is 12.7. The Morgan fingerprint density at radius 2 is 2.16 bits per heavy atom. The second-order valence-corrected chi connectivity index (χ2v) is 6.05. The fourth-order valence-electron chi connectivity index (χ4n) is 2.52. The van der Waals surface area contributed by atoms with Crippen LogP contribution in [0.3, 0.4) is 0 Å². The van der Waals surface area contributed by atoms with Crippen LogP contribution in [0.2, 0.25) is 5.02 Å². The van der Waals surface area contributed by atoms with Crippen molar-refractivity contribution >= 4 is 22.9 Å². The van der Waals surface area contributed by atoms with Gasteiger partial charge in [0.05, 0.1) is 6.07 Å². The van der Waals surface area contributed by atoms with Crippen molar-refractivity contribution in [2.24, 2.45) is 0 Å². The molecule has 0 bridgehead atoms. The normalized spacial score (nSPS) is 16.6. The fraction of sp³-hybridized carbons (Fsp3) is 0.267. The second-order valence-electron chi connectivity index (χ2n) is 4.64. The number of hydrogen-bond acceptors (Lipinski definition) is 3. The standard InChI is InChI=1S/C15H13ClN2S/c16-13-4-2-1-3-12(13)14(9-17)18-7-5-11-6-8-19-15(11)10-18/h1-4,6,8,14H,5,7,10H2. The van der Waals surface area contributed by atoms with Crippen molar-refractivity contribution in [2.75, 3.05) is 6.54 Å². The smallest absolute Gasteiger partial charge is 0.125 e. The Balaban J connectivity index is 1.89. The maximum atomic E-state index is 9.51. The summed E-state index contributed by atoms with van der Waals surface area (Å²) < 4.78 is 0. The zero-order valence-electron chi connectivity index (χ0n) is 10.3. The largest absolute Gasteiger partial charge is 0.279 e. The van der Waals surface area contributed by atoms with Crippen LogP contribution >= 0.6 is 22.9 Å². The summed E-state index contributed by atoms with van der Waals surface area (Å²) in [5.74, 6) is 0. The van der Waals surface area contributed by atoms with Gasteiger partial charge in [-0.15, -0.1) is 11.3 Å². The van der Waals surface area contributed by atoms with Crippen LogP contribution in [0.15, 0.2) is 35.7 Å². The van der Waals surface area contributed by atoms with Crippen molar-refractivity contribution in [1.82, 2.24) is 4.90 Å². The molecule has 0 saturated heterocycles. The molecule has 0 fully saturated rings. The molecule has 1 aromatic heterocycles. The molecule has 19 heavy (non-hydrogen) atoms. The van der Waals surface area contributed by atoms with E-state index >= 15 is 0 Å². The molecule has 0 spiro atoms. The molecule has 0 saturated carbocycles. The van der Waals surface area contributed by atoms with Crippen molar-refractivity contribution < 1.29 is 0 Å². The van der Waals surface area contributed by atoms with Gasteiger partial charge in [0.2, 0.25) is 0 Å². The minimum Gasteiger partial charge on any atom is -0.279 e. The van der Waals surface area contributed by atoms with Crippen LogP contribution in [-0.4, -0.2) is 11.4 Å². The molecule has 1 aliphatic heterocycles. The first-order chi connectivity index (χ1) is 9.29. The predicted octanol–water partition coefficient (Wildman–Crippen LogP) is 4.02. The van der Waals surface area contributed by atoms with Crippen LogP contribution in [0.5, 0.6) is 0 Å². The van der Waals surface area contributed by atoms with Crippen LogP contribution in [0.25, 0.3) is 0 Å². The topological polar surface area (TPSA) is 27.0 Å². The van der Waals surface area contributed by atoms with Gasteiger partial charge in [0, 0.05) is 28.6 Å². The fourth-order valence-corrected chi connectivity index (χ4v) is 3.72. The quantitative estimate of drug-likeness (QED) is 0.834. The van der Waals surface area contributed by atoms with Gasteiger partial charge >= 0.3 is 0 Å². The summed E-state index contributed by atoms with van der Waals surface area (Å²) >= 11 is 7.99. The van der Waals surface area contributed by atoms with Crippen LogP contribution in [-0.2, 0) is 13.0 Å². The zero-order chi connectivity index (χ0) is 13.2. The van der Waals surface area contributed by atoms with E-state index < -0.39 is 0 Å². The van der Waals surface area contributed by atoms with E-state index in [9.17, 15) is 5.26 Å². The highest BCUT2D eigenvalue weighted by Crippen LogP contribution is 2.32. The molecule has 0 radical (unpaired) electrons. The lowest BCUT2D eigenvalue weighted by Crippen LogP contribution is -2.32. The van der Waals surface area contributed by atoms with E-state index in [0.717, 1.165) is 25.1 Å². The van der Waals surface area contributed by atoms with Crippen molar-refractivity contribution in [3.05, 3.63) is 56.7 Å². The number of halogens is 1. The minimum absolute atomic E-state index is 0.260. The SMILES string of the molecule is N#CC(c1ccccc1Cl)N1CCc2ccsc2C1. The highest BCUT2D eigenvalue weighted by atomic mass is 35.5. The Labute approximate surface area is 121 Å². The van der Waals surface area contributed by atoms with Gasteiger partial charge in [0.1, 0.15) is 6.04 Å². The second kappa shape index (κ2) is 5.34. The Morgan fingerprint density at radius 1 is 1.32 bits per heavy atom. The van der Waals surface area contributed by atoms with Gasteiger partial charge in [0.15, 0.2) is 0 Å². The Bertz CT molecular complexity index is 629. The third-order valence-corrected chi connectivity index (χ3v) is 4.83. The summed E-state index contributed by atoms with van der Waals surface area (Å²) in [6.45, 7) is 1.75. The summed E-state index contributed by atoms with van der Waals surface area (Å²) in [6.07, 6.45) is 1.02. The average molecular weight is 289 g/mol. The number of rotatable bonds is 2. The van der Waals surface area contributed by atoms with Gasteiger partial charge in [-0.1, -0.05) is 29.8 Å². The molecule has 96 valence electrons. The first-order valence-electron chi connectivity index (χ1n) is 6.23. The molecule has 4 heteroatoms. The van der Waals surface area contributed by atoms with Crippen LogP contribution in [0.4, 0.5) is 0 Å². The van der Waals surface area contributed by atoms with Gasteiger partial charge in [-0.25, -0.2) is 0 Å². The molecule has 1 unspecified atom stereocenters. The van der Waals surface area contributed by atoms with Crippen molar-refractivity contribution in [3.8, 4) is 6.07 Å². The third-order valence-electron chi connectivity index (χ3n) is 3.54. The van der Waals surface area contributed by atoms with E-state index in [0.29, 0.717) is 5.02 Å². The highest BCUT2D eigenvalue weighted by Gasteiger charge is 2.26. The number of benzene rings is 1. The van der Waals surface area contributed by atoms with E-state index in [1.165, 1.54) is 10.4 Å². The van der Waals surface area contributed by atoms with Crippen molar-refractivity contribution in [3.63, 3.8) is 0 Å². The molecule has 2 nitrogen and oxygen atoms in total. The molecule has 2 heterocycles. The summed E-state index contributed by atoms with van der Waals surface area (Å²) in [6, 6.07) is 12.0. The molecule has 0 N–H and O–H groups in total. The molecule has 0 aliphatic carbocycles. The van der Waals surface area contributed by atoms with Gasteiger partial charge in [-0.2, -0.15) is 5.26 Å². The number of fused-ring (bicyclic) bond motifs is 1. The highest BCUT2D eigenvalue weighted by molar-refractivity contribution is 7.10. The van der Waals surface area contributed by atoms with Gasteiger partial charge in [0.25, 0.3) is 0 Å². The molecule has 0 amide bonds. The number of hydrogen-bond donors (Lipinski definition) is 0. The maximum absolute atomic E-state index is 9.51. The zero-order valence-corrected chi connectivity index (χ0v) is 11.9. The molecule has 1 aliphatic rings. The number of thiophene rings is 1. The minimum atomic E-state index is -0.260. The van der Waals surface area contributed by atoms with Gasteiger partial charge in [-0.3, -0.25) is 4.90 Å².